The molecular weight excluding hydrogens is 448 g/mol. The Bertz CT molecular complexity index is 1130. The number of hydrogen-bond donors (Lipinski definition) is 1. The molecule has 1 aliphatic rings. The number of halogens is 1. The minimum atomic E-state index is -0.577. The second-order valence-electron chi connectivity index (χ2n) is 7.55. The summed E-state index contributed by atoms with van der Waals surface area (Å²) in [5.74, 6) is -0.0303. The molecule has 4 rings (SSSR count). The summed E-state index contributed by atoms with van der Waals surface area (Å²) < 4.78 is 10.6. The van der Waals surface area contributed by atoms with E-state index in [0.29, 0.717) is 22.2 Å². The molecule has 1 N–H and O–H groups in total. The van der Waals surface area contributed by atoms with E-state index in [-0.39, 0.29) is 18.2 Å². The number of ether oxygens (including phenoxy) is 2. The monoisotopic (exact) mass is 470 g/mol. The van der Waals surface area contributed by atoms with Gasteiger partial charge in [-0.3, -0.25) is 9.59 Å². The van der Waals surface area contributed by atoms with E-state index in [2.05, 4.69) is 5.32 Å². The van der Waals surface area contributed by atoms with Crippen LogP contribution in [0, 0.1) is 12.8 Å². The Morgan fingerprint density at radius 1 is 1.12 bits per heavy atom. The smallest absolute Gasteiger partial charge is 0.230 e. The number of nitrogens with one attached hydrogen (secondary N) is 1. The first-order valence-electron chi connectivity index (χ1n) is 10.1. The topological polar surface area (TPSA) is 67.9 Å². The van der Waals surface area contributed by atoms with Crippen LogP contribution in [0.25, 0.3) is 0 Å². The van der Waals surface area contributed by atoms with Gasteiger partial charge >= 0.3 is 0 Å². The zero-order chi connectivity index (χ0) is 22.8. The van der Waals surface area contributed by atoms with Crippen LogP contribution in [0.4, 0.5) is 11.4 Å². The van der Waals surface area contributed by atoms with Crippen molar-refractivity contribution in [3.05, 3.63) is 69.4 Å². The molecule has 6 nitrogen and oxygen atoms in total. The van der Waals surface area contributed by atoms with Crippen molar-refractivity contribution in [1.82, 2.24) is 0 Å². The third kappa shape index (κ3) is 4.18. The normalized spacial score (nSPS) is 18.0. The van der Waals surface area contributed by atoms with E-state index in [9.17, 15) is 9.59 Å². The number of aryl methyl sites for hydroxylation is 1. The SMILES string of the molecule is COc1cc(Cl)c(NC(=O)C2CC(=O)N(c3ccc(C)cc3)C2c2cccs2)cc1OC. The van der Waals surface area contributed by atoms with Gasteiger partial charge in [0.05, 0.1) is 36.9 Å². The van der Waals surface area contributed by atoms with E-state index in [1.165, 1.54) is 25.6 Å². The molecule has 0 bridgehead atoms. The minimum Gasteiger partial charge on any atom is -0.493 e. The van der Waals surface area contributed by atoms with Crippen LogP contribution >= 0.6 is 22.9 Å². The Hall–Kier alpha value is -3.03. The Morgan fingerprint density at radius 2 is 1.81 bits per heavy atom. The van der Waals surface area contributed by atoms with Gasteiger partial charge in [-0.1, -0.05) is 35.4 Å². The van der Waals surface area contributed by atoms with Gasteiger partial charge in [0.2, 0.25) is 11.8 Å². The highest BCUT2D eigenvalue weighted by molar-refractivity contribution is 7.10. The summed E-state index contributed by atoms with van der Waals surface area (Å²) in [7, 11) is 3.03. The van der Waals surface area contributed by atoms with Gasteiger partial charge in [0.1, 0.15) is 0 Å². The molecule has 2 aromatic carbocycles. The van der Waals surface area contributed by atoms with Crippen molar-refractivity contribution in [3.63, 3.8) is 0 Å². The summed E-state index contributed by atoms with van der Waals surface area (Å²) in [6.07, 6.45) is 0.104. The van der Waals surface area contributed by atoms with Gasteiger partial charge in [-0.2, -0.15) is 0 Å². The molecule has 1 aromatic heterocycles. The van der Waals surface area contributed by atoms with Crippen LogP contribution in [0.15, 0.2) is 53.9 Å². The van der Waals surface area contributed by atoms with Gasteiger partial charge in [-0.25, -0.2) is 0 Å². The average Bonchev–Trinajstić information content (AvgIpc) is 3.43. The predicted molar refractivity (Wildman–Crippen MR) is 127 cm³/mol. The second kappa shape index (κ2) is 9.22. The van der Waals surface area contributed by atoms with E-state index in [1.807, 2.05) is 48.7 Å². The number of methoxy groups -OCH3 is 2. The van der Waals surface area contributed by atoms with E-state index in [4.69, 9.17) is 21.1 Å². The van der Waals surface area contributed by atoms with E-state index >= 15 is 0 Å². The van der Waals surface area contributed by atoms with Crippen molar-refractivity contribution in [2.24, 2.45) is 5.92 Å². The maximum absolute atomic E-state index is 13.4. The van der Waals surface area contributed by atoms with E-state index in [0.717, 1.165) is 16.1 Å². The molecule has 2 atom stereocenters. The first-order chi connectivity index (χ1) is 15.4. The molecule has 0 aliphatic carbocycles. The number of thiophene rings is 1. The first-order valence-corrected chi connectivity index (χ1v) is 11.3. The maximum Gasteiger partial charge on any atom is 0.230 e. The first kappa shape index (κ1) is 22.2. The highest BCUT2D eigenvalue weighted by Crippen LogP contribution is 2.44. The molecule has 166 valence electrons. The van der Waals surface area contributed by atoms with Gasteiger partial charge in [0.15, 0.2) is 11.5 Å². The quantitative estimate of drug-likeness (QED) is 0.519. The number of carbonyl (C=O) groups is 2. The van der Waals surface area contributed by atoms with Crippen LogP contribution in [-0.4, -0.2) is 26.0 Å². The fourth-order valence-corrected chi connectivity index (χ4v) is 5.02. The largest absolute Gasteiger partial charge is 0.493 e. The fraction of sp³-hybridized carbons (Fsp3) is 0.250. The third-order valence-electron chi connectivity index (χ3n) is 5.54. The summed E-state index contributed by atoms with van der Waals surface area (Å²) >= 11 is 7.90. The summed E-state index contributed by atoms with van der Waals surface area (Å²) in [5, 5.41) is 5.16. The average molecular weight is 471 g/mol. The van der Waals surface area contributed by atoms with Gasteiger partial charge < -0.3 is 19.7 Å². The summed E-state index contributed by atoms with van der Waals surface area (Å²) in [4.78, 5) is 29.1. The van der Waals surface area contributed by atoms with Crippen molar-refractivity contribution in [1.29, 1.82) is 0 Å². The van der Waals surface area contributed by atoms with Crippen molar-refractivity contribution < 1.29 is 19.1 Å². The van der Waals surface area contributed by atoms with Gasteiger partial charge in [-0.05, 0) is 30.5 Å². The zero-order valence-corrected chi connectivity index (χ0v) is 19.5. The van der Waals surface area contributed by atoms with E-state index in [1.54, 1.807) is 17.0 Å². The lowest BCUT2D eigenvalue weighted by molar-refractivity contribution is -0.122. The van der Waals surface area contributed by atoms with Gasteiger partial charge in [0.25, 0.3) is 0 Å². The van der Waals surface area contributed by atoms with Crippen molar-refractivity contribution in [3.8, 4) is 11.5 Å². The Morgan fingerprint density at radius 3 is 2.44 bits per heavy atom. The number of benzene rings is 2. The van der Waals surface area contributed by atoms with Crippen LogP contribution < -0.4 is 19.7 Å². The minimum absolute atomic E-state index is 0.0918. The van der Waals surface area contributed by atoms with Crippen molar-refractivity contribution in [2.75, 3.05) is 24.4 Å². The molecule has 2 amide bonds. The molecule has 2 heterocycles. The molecule has 3 aromatic rings. The molecule has 1 aliphatic heterocycles. The van der Waals surface area contributed by atoms with Crippen LogP contribution in [0.3, 0.4) is 0 Å². The number of amides is 2. The third-order valence-corrected chi connectivity index (χ3v) is 6.79. The molecule has 0 radical (unpaired) electrons. The van der Waals surface area contributed by atoms with Crippen LogP contribution in [0.2, 0.25) is 5.02 Å². The molecule has 2 unspecified atom stereocenters. The molecule has 8 heteroatoms. The standard InChI is InChI=1S/C24H23ClN2O4S/c1-14-6-8-15(9-7-14)27-22(28)11-16(23(27)21-5-4-10-32-21)24(29)26-18-13-20(31-3)19(30-2)12-17(18)25/h4-10,12-13,16,23H,11H2,1-3H3,(H,26,29). The van der Waals surface area contributed by atoms with Crippen molar-refractivity contribution in [2.45, 2.75) is 19.4 Å². The Kier molecular flexibility index (Phi) is 6.39. The molecule has 1 saturated heterocycles. The second-order valence-corrected chi connectivity index (χ2v) is 8.93. The number of rotatable bonds is 6. The lowest BCUT2D eigenvalue weighted by Gasteiger charge is -2.27. The fourth-order valence-electron chi connectivity index (χ4n) is 3.94. The molecular formula is C24H23ClN2O4S. The molecule has 0 spiro atoms. The van der Waals surface area contributed by atoms with Crippen LogP contribution in [0.1, 0.15) is 22.9 Å². The maximum atomic E-state index is 13.4. The number of nitrogens with zero attached hydrogens (tertiary/aromatic N) is 1. The van der Waals surface area contributed by atoms with Crippen LogP contribution in [0.5, 0.6) is 11.5 Å². The summed E-state index contributed by atoms with van der Waals surface area (Å²) in [6, 6.07) is 14.5. The number of anilines is 2. The lowest BCUT2D eigenvalue weighted by Crippen LogP contribution is -2.32. The molecule has 32 heavy (non-hydrogen) atoms. The molecule has 1 fully saturated rings. The lowest BCUT2D eigenvalue weighted by atomic mass is 9.97. The number of carbonyl (C=O) groups excluding carboxylic acids is 2. The summed E-state index contributed by atoms with van der Waals surface area (Å²) in [6.45, 7) is 2.00. The Balaban J connectivity index is 1.67. The van der Waals surface area contributed by atoms with Gasteiger partial charge in [0, 0.05) is 29.1 Å². The van der Waals surface area contributed by atoms with Crippen molar-refractivity contribution >= 4 is 46.1 Å². The molecule has 0 saturated carbocycles. The van der Waals surface area contributed by atoms with Gasteiger partial charge in [-0.15, -0.1) is 11.3 Å². The zero-order valence-electron chi connectivity index (χ0n) is 17.9. The number of hydrogen-bond acceptors (Lipinski definition) is 5. The Labute approximate surface area is 195 Å². The predicted octanol–water partition coefficient (Wildman–Crippen LogP) is 5.46. The van der Waals surface area contributed by atoms with E-state index < -0.39 is 12.0 Å². The highest BCUT2D eigenvalue weighted by atomic mass is 35.5. The summed E-state index contributed by atoms with van der Waals surface area (Å²) in [5.41, 5.74) is 2.28. The highest BCUT2D eigenvalue weighted by Gasteiger charge is 2.45. The van der Waals surface area contributed by atoms with Crippen LogP contribution in [-0.2, 0) is 9.59 Å².